The molecule has 1 aromatic heterocycles. The van der Waals surface area contributed by atoms with Crippen LogP contribution in [0.3, 0.4) is 0 Å². The van der Waals surface area contributed by atoms with Gasteiger partial charge in [-0.1, -0.05) is 18.2 Å². The van der Waals surface area contributed by atoms with Crippen LogP contribution < -0.4 is 0 Å². The molecule has 0 saturated heterocycles. The van der Waals surface area contributed by atoms with Crippen LogP contribution in [0.2, 0.25) is 0 Å². The number of esters is 1. The molecule has 0 saturated carbocycles. The first-order valence-corrected chi connectivity index (χ1v) is 7.10. The molecular weight excluding hydrogens is 278 g/mol. The molecule has 0 aliphatic heterocycles. The van der Waals surface area contributed by atoms with Crippen molar-refractivity contribution in [2.24, 2.45) is 0 Å². The lowest BCUT2D eigenvalue weighted by atomic mass is 10.1. The third kappa shape index (κ3) is 4.09. The van der Waals surface area contributed by atoms with E-state index < -0.39 is 0 Å². The van der Waals surface area contributed by atoms with Crippen molar-refractivity contribution in [3.63, 3.8) is 0 Å². The number of benzene rings is 1. The largest absolute Gasteiger partial charge is 0.466 e. The summed E-state index contributed by atoms with van der Waals surface area (Å²) in [5.41, 5.74) is 2.99. The number of hydrogen-bond acceptors (Lipinski definition) is 4. The Morgan fingerprint density at radius 1 is 1.27 bits per heavy atom. The molecule has 0 spiro atoms. The molecular formula is C18H21NO3. The number of allylic oxidation sites excluding steroid dienone is 1. The molecule has 0 aliphatic carbocycles. The van der Waals surface area contributed by atoms with E-state index in [-0.39, 0.29) is 5.97 Å². The van der Waals surface area contributed by atoms with Crippen LogP contribution in [0.5, 0.6) is 0 Å². The van der Waals surface area contributed by atoms with E-state index in [2.05, 4.69) is 21.8 Å². The number of hydrogen-bond donors (Lipinski definition) is 0. The second-order valence-corrected chi connectivity index (χ2v) is 5.45. The molecule has 0 amide bonds. The average molecular weight is 299 g/mol. The smallest absolute Gasteiger partial charge is 0.330 e. The maximum Gasteiger partial charge on any atom is 0.330 e. The van der Waals surface area contributed by atoms with E-state index in [1.807, 2.05) is 45.3 Å². The van der Waals surface area contributed by atoms with Gasteiger partial charge in [0.1, 0.15) is 11.5 Å². The minimum Gasteiger partial charge on any atom is -0.466 e. The molecule has 0 bridgehead atoms. The number of methoxy groups -OCH3 is 1. The van der Waals surface area contributed by atoms with Gasteiger partial charge in [0, 0.05) is 18.2 Å². The van der Waals surface area contributed by atoms with Crippen LogP contribution in [-0.2, 0) is 16.1 Å². The van der Waals surface area contributed by atoms with Crippen molar-refractivity contribution >= 4 is 11.5 Å². The molecule has 2 rings (SSSR count). The Morgan fingerprint density at radius 3 is 2.73 bits per heavy atom. The van der Waals surface area contributed by atoms with Crippen molar-refractivity contribution < 1.29 is 13.9 Å². The summed E-state index contributed by atoms with van der Waals surface area (Å²) in [6, 6.07) is 12.0. The zero-order valence-electron chi connectivity index (χ0n) is 13.4. The number of carbonyl (C=O) groups is 1. The number of ether oxygens (including phenoxy) is 1. The Labute approximate surface area is 131 Å². The van der Waals surface area contributed by atoms with Crippen molar-refractivity contribution in [2.75, 3.05) is 21.2 Å². The second-order valence-electron chi connectivity index (χ2n) is 5.45. The van der Waals surface area contributed by atoms with Crippen LogP contribution in [-0.4, -0.2) is 32.1 Å². The van der Waals surface area contributed by atoms with Crippen LogP contribution in [0.4, 0.5) is 0 Å². The molecule has 4 nitrogen and oxygen atoms in total. The predicted molar refractivity (Wildman–Crippen MR) is 87.2 cm³/mol. The fraction of sp³-hybridized carbons (Fsp3) is 0.278. The molecule has 116 valence electrons. The van der Waals surface area contributed by atoms with Crippen LogP contribution in [0, 0.1) is 0 Å². The molecule has 0 fully saturated rings. The zero-order valence-corrected chi connectivity index (χ0v) is 13.4. The normalized spacial score (nSPS) is 11.8. The standard InChI is InChI=1S/C18H21NO3/c1-13(10-18(20)21-4)16-8-9-17(22-16)15-7-5-6-14(11-15)12-19(2)3/h5-11H,12H2,1-4H3/b13-10+. The summed E-state index contributed by atoms with van der Waals surface area (Å²) in [6.07, 6.45) is 1.42. The molecule has 1 aromatic carbocycles. The topological polar surface area (TPSA) is 42.7 Å². The Balaban J connectivity index is 2.24. The van der Waals surface area contributed by atoms with Crippen LogP contribution >= 0.6 is 0 Å². The first-order chi connectivity index (χ1) is 10.5. The Kier molecular flexibility index (Phi) is 5.17. The van der Waals surface area contributed by atoms with Gasteiger partial charge in [0.2, 0.25) is 0 Å². The highest BCUT2D eigenvalue weighted by Gasteiger charge is 2.08. The Hall–Kier alpha value is -2.33. The molecule has 0 unspecified atom stereocenters. The fourth-order valence-corrected chi connectivity index (χ4v) is 2.20. The van der Waals surface area contributed by atoms with Crippen LogP contribution in [0.15, 0.2) is 46.9 Å². The molecule has 4 heteroatoms. The van der Waals surface area contributed by atoms with Crippen molar-refractivity contribution in [3.8, 4) is 11.3 Å². The molecule has 0 radical (unpaired) electrons. The molecule has 0 N–H and O–H groups in total. The van der Waals surface area contributed by atoms with Gasteiger partial charge >= 0.3 is 5.97 Å². The van der Waals surface area contributed by atoms with Crippen LogP contribution in [0.25, 0.3) is 16.9 Å². The molecule has 1 heterocycles. The summed E-state index contributed by atoms with van der Waals surface area (Å²) in [6.45, 7) is 2.70. The van der Waals surface area contributed by atoms with E-state index >= 15 is 0 Å². The zero-order chi connectivity index (χ0) is 16.1. The lowest BCUT2D eigenvalue weighted by molar-refractivity contribution is -0.134. The van der Waals surface area contributed by atoms with Gasteiger partial charge in [-0.3, -0.25) is 0 Å². The predicted octanol–water partition coefficient (Wildman–Crippen LogP) is 3.58. The van der Waals surface area contributed by atoms with E-state index in [1.54, 1.807) is 0 Å². The number of carbonyl (C=O) groups excluding carboxylic acids is 1. The molecule has 0 aliphatic rings. The monoisotopic (exact) mass is 299 g/mol. The van der Waals surface area contributed by atoms with Crippen molar-refractivity contribution in [3.05, 3.63) is 53.8 Å². The molecule has 22 heavy (non-hydrogen) atoms. The minimum absolute atomic E-state index is 0.386. The average Bonchev–Trinajstić information content (AvgIpc) is 2.96. The third-order valence-electron chi connectivity index (χ3n) is 3.24. The van der Waals surface area contributed by atoms with E-state index in [0.29, 0.717) is 5.76 Å². The van der Waals surface area contributed by atoms with E-state index in [1.165, 1.54) is 18.7 Å². The van der Waals surface area contributed by atoms with Gasteiger partial charge in [-0.15, -0.1) is 0 Å². The Morgan fingerprint density at radius 2 is 2.05 bits per heavy atom. The first kappa shape index (κ1) is 16.0. The highest BCUT2D eigenvalue weighted by Crippen LogP contribution is 2.26. The van der Waals surface area contributed by atoms with Crippen LogP contribution in [0.1, 0.15) is 18.2 Å². The third-order valence-corrected chi connectivity index (χ3v) is 3.24. The molecule has 2 aromatic rings. The van der Waals surface area contributed by atoms with Gasteiger partial charge in [-0.2, -0.15) is 0 Å². The quantitative estimate of drug-likeness (QED) is 0.625. The minimum atomic E-state index is -0.386. The maximum absolute atomic E-state index is 11.3. The highest BCUT2D eigenvalue weighted by molar-refractivity contribution is 5.90. The lowest BCUT2D eigenvalue weighted by Crippen LogP contribution is -2.10. The summed E-state index contributed by atoms with van der Waals surface area (Å²) in [5, 5.41) is 0. The van der Waals surface area contributed by atoms with Gasteiger partial charge in [0.15, 0.2) is 0 Å². The fourth-order valence-electron chi connectivity index (χ4n) is 2.20. The van der Waals surface area contributed by atoms with Gasteiger partial charge < -0.3 is 14.1 Å². The summed E-state index contributed by atoms with van der Waals surface area (Å²) in [5.74, 6) is 1.06. The highest BCUT2D eigenvalue weighted by atomic mass is 16.5. The summed E-state index contributed by atoms with van der Waals surface area (Å²) >= 11 is 0. The second kappa shape index (κ2) is 7.09. The van der Waals surface area contributed by atoms with E-state index in [0.717, 1.165) is 23.4 Å². The number of rotatable bonds is 5. The van der Waals surface area contributed by atoms with Gasteiger partial charge in [0.05, 0.1) is 7.11 Å². The number of nitrogens with zero attached hydrogens (tertiary/aromatic N) is 1. The van der Waals surface area contributed by atoms with Gasteiger partial charge in [0.25, 0.3) is 0 Å². The number of furan rings is 1. The van der Waals surface area contributed by atoms with Crippen molar-refractivity contribution in [1.82, 2.24) is 4.90 Å². The van der Waals surface area contributed by atoms with Gasteiger partial charge in [-0.25, -0.2) is 4.79 Å². The first-order valence-electron chi connectivity index (χ1n) is 7.10. The van der Waals surface area contributed by atoms with E-state index in [9.17, 15) is 4.79 Å². The summed E-state index contributed by atoms with van der Waals surface area (Å²) in [4.78, 5) is 13.4. The Bertz CT molecular complexity index is 683. The summed E-state index contributed by atoms with van der Waals surface area (Å²) in [7, 11) is 5.44. The van der Waals surface area contributed by atoms with Gasteiger partial charge in [-0.05, 0) is 50.4 Å². The summed E-state index contributed by atoms with van der Waals surface area (Å²) < 4.78 is 10.5. The van der Waals surface area contributed by atoms with Crippen molar-refractivity contribution in [1.29, 1.82) is 0 Å². The molecule has 0 atom stereocenters. The lowest BCUT2D eigenvalue weighted by Gasteiger charge is -2.10. The SMILES string of the molecule is COC(=O)/C=C(\C)c1ccc(-c2cccc(CN(C)C)c2)o1. The maximum atomic E-state index is 11.3. The van der Waals surface area contributed by atoms with E-state index in [4.69, 9.17) is 4.42 Å². The van der Waals surface area contributed by atoms with Crippen molar-refractivity contribution in [2.45, 2.75) is 13.5 Å².